The van der Waals surface area contributed by atoms with Gasteiger partial charge in [0.1, 0.15) is 0 Å². The second-order valence-electron chi connectivity index (χ2n) is 1.97. The van der Waals surface area contributed by atoms with Crippen molar-refractivity contribution in [3.05, 3.63) is 13.2 Å². The van der Waals surface area contributed by atoms with Gasteiger partial charge in [0.25, 0.3) is 0 Å². The SMILES string of the molecule is C=C.CC(=O)[O-].CC(=O)[O-].CC(=O)[O-].CC(=O)[O-].[K+].[K+].[K+].[K+]. The second-order valence-corrected chi connectivity index (χ2v) is 1.97. The van der Waals surface area contributed by atoms with Gasteiger partial charge in [-0.15, -0.1) is 13.2 Å². The van der Waals surface area contributed by atoms with Crippen LogP contribution in [0.3, 0.4) is 0 Å². The molecule has 0 amide bonds. The van der Waals surface area contributed by atoms with Crippen LogP contribution in [0.15, 0.2) is 13.2 Å². The van der Waals surface area contributed by atoms with Crippen molar-refractivity contribution in [2.45, 2.75) is 27.7 Å². The third kappa shape index (κ3) is 747. The van der Waals surface area contributed by atoms with E-state index >= 15 is 0 Å². The van der Waals surface area contributed by atoms with Gasteiger partial charge in [-0.3, -0.25) is 0 Å². The molecule has 0 rings (SSSR count). The van der Waals surface area contributed by atoms with Crippen molar-refractivity contribution in [1.82, 2.24) is 0 Å². The summed E-state index contributed by atoms with van der Waals surface area (Å²) >= 11 is 0. The van der Waals surface area contributed by atoms with Gasteiger partial charge in [0, 0.05) is 23.9 Å². The van der Waals surface area contributed by atoms with Gasteiger partial charge in [-0.05, 0) is 27.7 Å². The minimum absolute atomic E-state index is 0. The minimum atomic E-state index is -1.08. The Morgan fingerprint density at radius 2 is 0.500 bits per heavy atom. The predicted octanol–water partition coefficient (Wildman–Crippen LogP) is -16.2. The van der Waals surface area contributed by atoms with Crippen molar-refractivity contribution in [2.75, 3.05) is 0 Å². The Bertz CT molecular complexity index is 185. The van der Waals surface area contributed by atoms with Crippen LogP contribution in [0.25, 0.3) is 0 Å². The molecule has 0 aliphatic heterocycles. The molecule has 0 aliphatic carbocycles. The first-order valence-corrected chi connectivity index (χ1v) is 4.13. The van der Waals surface area contributed by atoms with Gasteiger partial charge in [0.05, 0.1) is 0 Å². The van der Waals surface area contributed by atoms with Crippen molar-refractivity contribution in [1.29, 1.82) is 0 Å². The molecule has 0 fully saturated rings. The van der Waals surface area contributed by atoms with E-state index in [0.29, 0.717) is 0 Å². The standard InChI is InChI=1S/4C2H4O2.C2H4.4K/c4*1-2(3)4;1-2;;;;/h4*1H3,(H,3,4);1-2H2;;;;/q;;;;;4*+1/p-4. The molecule has 0 radical (unpaired) electrons. The van der Waals surface area contributed by atoms with E-state index in [4.69, 9.17) is 39.6 Å². The number of carbonyl (C=O) groups excluding carboxylic acids is 4. The van der Waals surface area contributed by atoms with Gasteiger partial charge in [-0.1, -0.05) is 0 Å². The van der Waals surface area contributed by atoms with E-state index in [9.17, 15) is 0 Å². The Balaban J connectivity index is -0.0000000133. The zero-order chi connectivity index (χ0) is 16.3. The van der Waals surface area contributed by atoms with Gasteiger partial charge in [-0.2, -0.15) is 0 Å². The van der Waals surface area contributed by atoms with Gasteiger partial charge in [0.15, 0.2) is 0 Å². The van der Waals surface area contributed by atoms with E-state index in [2.05, 4.69) is 13.2 Å². The maximum Gasteiger partial charge on any atom is 1.00 e. The quantitative estimate of drug-likeness (QED) is 0.276. The Labute approximate surface area is 301 Å². The normalized spacial score (nSPS) is 4.73. The molecule has 0 bridgehead atoms. The summed E-state index contributed by atoms with van der Waals surface area (Å²) in [4.78, 5) is 35.6. The summed E-state index contributed by atoms with van der Waals surface area (Å²) in [7, 11) is 0. The minimum Gasteiger partial charge on any atom is -0.550 e. The van der Waals surface area contributed by atoms with Gasteiger partial charge in [0.2, 0.25) is 0 Å². The molecular weight excluding hydrogens is 404 g/mol. The van der Waals surface area contributed by atoms with Crippen molar-refractivity contribution in [3.63, 3.8) is 0 Å². The van der Waals surface area contributed by atoms with Crippen LogP contribution in [0.1, 0.15) is 27.7 Å². The summed E-state index contributed by atoms with van der Waals surface area (Å²) in [5, 5.41) is 35.6. The van der Waals surface area contributed by atoms with E-state index < -0.39 is 23.9 Å². The molecule has 0 aliphatic rings. The summed E-state index contributed by atoms with van der Waals surface area (Å²) in [5.74, 6) is -4.33. The predicted molar refractivity (Wildman–Crippen MR) is 54.0 cm³/mol. The second kappa shape index (κ2) is 56.2. The zero-order valence-electron chi connectivity index (χ0n) is 14.7. The van der Waals surface area contributed by atoms with Gasteiger partial charge in [-0.25, -0.2) is 0 Å². The van der Waals surface area contributed by atoms with Crippen LogP contribution >= 0.6 is 0 Å². The molecule has 0 aromatic heterocycles. The van der Waals surface area contributed by atoms with E-state index in [1.54, 1.807) is 0 Å². The van der Waals surface area contributed by atoms with E-state index in [1.165, 1.54) is 0 Å². The Morgan fingerprint density at radius 1 is 0.500 bits per heavy atom. The molecule has 0 heterocycles. The van der Waals surface area contributed by atoms with Crippen molar-refractivity contribution in [3.8, 4) is 0 Å². The third-order valence-corrected chi connectivity index (χ3v) is 0. The number of carbonyl (C=O) groups is 4. The van der Waals surface area contributed by atoms with E-state index in [0.717, 1.165) is 27.7 Å². The molecular formula is C10H16K4O8. The van der Waals surface area contributed by atoms with Crippen LogP contribution in [0.5, 0.6) is 0 Å². The summed E-state index contributed by atoms with van der Waals surface area (Å²) in [5.41, 5.74) is 0. The fourth-order valence-electron chi connectivity index (χ4n) is 0. The smallest absolute Gasteiger partial charge is 0.550 e. The van der Waals surface area contributed by atoms with Gasteiger partial charge < -0.3 is 39.6 Å². The fourth-order valence-corrected chi connectivity index (χ4v) is 0. The molecule has 0 atom stereocenters. The van der Waals surface area contributed by atoms with Crippen LogP contribution in [0.2, 0.25) is 0 Å². The Morgan fingerprint density at radius 3 is 0.500 bits per heavy atom. The van der Waals surface area contributed by atoms with Crippen molar-refractivity contribution >= 4 is 23.9 Å². The Hall–Kier alpha value is 4.17. The van der Waals surface area contributed by atoms with Gasteiger partial charge >= 0.3 is 206 Å². The molecule has 0 saturated heterocycles. The first kappa shape index (κ1) is 56.2. The summed E-state index contributed by atoms with van der Waals surface area (Å²) < 4.78 is 0. The molecule has 108 valence electrons. The summed E-state index contributed by atoms with van der Waals surface area (Å²) in [6, 6.07) is 0. The maximum atomic E-state index is 8.89. The summed E-state index contributed by atoms with van der Waals surface area (Å²) in [6.07, 6.45) is 0. The molecule has 12 heteroatoms. The van der Waals surface area contributed by atoms with E-state index in [1.807, 2.05) is 0 Å². The molecule has 22 heavy (non-hydrogen) atoms. The monoisotopic (exact) mass is 420 g/mol. The third-order valence-electron chi connectivity index (χ3n) is 0. The molecule has 0 aromatic carbocycles. The van der Waals surface area contributed by atoms with Crippen LogP contribution in [-0.4, -0.2) is 23.9 Å². The fraction of sp³-hybridized carbons (Fsp3) is 0.400. The topological polar surface area (TPSA) is 161 Å². The number of hydrogen-bond acceptors (Lipinski definition) is 8. The zero-order valence-corrected chi connectivity index (χ0v) is 27.2. The molecule has 0 unspecified atom stereocenters. The number of carboxylic acids is 4. The average Bonchev–Trinajstić information content (AvgIpc) is 2.01. The molecule has 0 spiro atoms. The largest absolute Gasteiger partial charge is 1.00 e. The number of carboxylic acid groups (broad SMARTS) is 4. The van der Waals surface area contributed by atoms with Crippen LogP contribution in [-0.2, 0) is 19.2 Å². The van der Waals surface area contributed by atoms with Crippen molar-refractivity contribution < 1.29 is 245 Å². The molecule has 8 nitrogen and oxygen atoms in total. The molecule has 0 saturated carbocycles. The van der Waals surface area contributed by atoms with Crippen LogP contribution < -0.4 is 226 Å². The molecule has 0 N–H and O–H groups in total. The first-order valence-electron chi connectivity index (χ1n) is 4.13. The average molecular weight is 421 g/mol. The summed E-state index contributed by atoms with van der Waals surface area (Å²) in [6.45, 7) is 9.89. The molecule has 0 aromatic rings. The number of hydrogen-bond donors (Lipinski definition) is 0. The maximum absolute atomic E-state index is 8.89. The van der Waals surface area contributed by atoms with Crippen molar-refractivity contribution in [2.24, 2.45) is 0 Å². The number of rotatable bonds is 0. The van der Waals surface area contributed by atoms with Crippen LogP contribution in [0, 0.1) is 0 Å². The number of aliphatic carboxylic acids is 4. The first-order chi connectivity index (χ1) is 7.93. The van der Waals surface area contributed by atoms with E-state index in [-0.39, 0.29) is 206 Å². The van der Waals surface area contributed by atoms with Crippen LogP contribution in [0.4, 0.5) is 0 Å². The Kier molecular flexibility index (Phi) is 144.